The lowest BCUT2D eigenvalue weighted by molar-refractivity contribution is -0.120. The Hall–Kier alpha value is -4.22. The fourth-order valence-corrected chi connectivity index (χ4v) is 4.40. The maximum absolute atomic E-state index is 12.8. The second-order valence-corrected chi connectivity index (χ2v) is 9.37. The number of hydrogen-bond donors (Lipinski definition) is 4. The Morgan fingerprint density at radius 1 is 1.22 bits per heavy atom. The molecule has 1 fully saturated rings. The minimum Gasteiger partial charge on any atom is -0.503 e. The molecular weight excluding hydrogens is 466 g/mol. The summed E-state index contributed by atoms with van der Waals surface area (Å²) in [5, 5.41) is 15.5. The molecule has 1 saturated carbocycles. The molecule has 0 unspecified atom stereocenters. The second kappa shape index (κ2) is 9.10. The molecule has 12 heteroatoms. The molecule has 0 atom stereocenters. The van der Waals surface area contributed by atoms with Crippen LogP contribution in [-0.4, -0.2) is 66.4 Å². The highest BCUT2D eigenvalue weighted by molar-refractivity contribution is 6.05. The maximum Gasteiger partial charge on any atom is 0.274 e. The van der Waals surface area contributed by atoms with Crippen LogP contribution in [0.25, 0.3) is 11.2 Å². The molecule has 3 aromatic rings. The predicted octanol–water partition coefficient (Wildman–Crippen LogP) is 0.613. The van der Waals surface area contributed by atoms with Crippen LogP contribution < -0.4 is 16.1 Å². The molecular formula is C24H27N7O5. The smallest absolute Gasteiger partial charge is 0.274 e. The lowest BCUT2D eigenvalue weighted by Gasteiger charge is -2.34. The highest BCUT2D eigenvalue weighted by Gasteiger charge is 2.31. The van der Waals surface area contributed by atoms with Crippen LogP contribution in [0.1, 0.15) is 64.8 Å². The van der Waals surface area contributed by atoms with Crippen molar-refractivity contribution in [2.75, 3.05) is 13.1 Å². The number of hydrogen-bond acceptors (Lipinski definition) is 7. The molecule has 0 aromatic carbocycles. The summed E-state index contributed by atoms with van der Waals surface area (Å²) in [6.45, 7) is 4.16. The summed E-state index contributed by atoms with van der Waals surface area (Å²) >= 11 is 0. The van der Waals surface area contributed by atoms with Gasteiger partial charge in [-0.2, -0.15) is 0 Å². The van der Waals surface area contributed by atoms with Crippen LogP contribution in [0.2, 0.25) is 0 Å². The van der Waals surface area contributed by atoms with Crippen LogP contribution >= 0.6 is 0 Å². The number of fused-ring (bicyclic) bond motifs is 2. The van der Waals surface area contributed by atoms with Gasteiger partial charge in [-0.25, -0.2) is 9.97 Å². The Bertz CT molecular complexity index is 1440. The summed E-state index contributed by atoms with van der Waals surface area (Å²) in [7, 11) is 0. The van der Waals surface area contributed by atoms with Crippen LogP contribution in [-0.2, 0) is 17.9 Å². The first-order valence-corrected chi connectivity index (χ1v) is 11.9. The number of aromatic nitrogens is 4. The normalized spacial score (nSPS) is 15.3. The molecule has 0 spiro atoms. The van der Waals surface area contributed by atoms with E-state index < -0.39 is 28.9 Å². The van der Waals surface area contributed by atoms with Crippen molar-refractivity contribution in [2.45, 2.75) is 51.7 Å². The zero-order valence-electron chi connectivity index (χ0n) is 20.0. The molecule has 2 aliphatic rings. The maximum atomic E-state index is 12.8. The van der Waals surface area contributed by atoms with Crippen molar-refractivity contribution >= 4 is 28.9 Å². The lowest BCUT2D eigenvalue weighted by Crippen LogP contribution is -2.46. The Morgan fingerprint density at radius 2 is 2.00 bits per heavy atom. The van der Waals surface area contributed by atoms with E-state index in [4.69, 9.17) is 0 Å². The zero-order chi connectivity index (χ0) is 25.6. The lowest BCUT2D eigenvalue weighted by atomic mass is 10.1. The highest BCUT2D eigenvalue weighted by Crippen LogP contribution is 2.39. The van der Waals surface area contributed by atoms with Gasteiger partial charge in [0, 0.05) is 43.0 Å². The van der Waals surface area contributed by atoms with E-state index in [1.165, 1.54) is 12.3 Å². The molecule has 5 rings (SSSR count). The minimum absolute atomic E-state index is 0.0461. The first-order valence-electron chi connectivity index (χ1n) is 11.9. The summed E-state index contributed by atoms with van der Waals surface area (Å²) in [5.74, 6) is -1.58. The van der Waals surface area contributed by atoms with Gasteiger partial charge in [-0.1, -0.05) is 0 Å². The van der Waals surface area contributed by atoms with Gasteiger partial charge in [0.05, 0.1) is 30.5 Å². The number of aromatic amines is 1. The van der Waals surface area contributed by atoms with Gasteiger partial charge >= 0.3 is 0 Å². The van der Waals surface area contributed by atoms with Gasteiger partial charge in [0.1, 0.15) is 5.52 Å². The van der Waals surface area contributed by atoms with Crippen LogP contribution in [0, 0.1) is 0 Å². The van der Waals surface area contributed by atoms with E-state index in [1.54, 1.807) is 15.7 Å². The van der Waals surface area contributed by atoms with Gasteiger partial charge in [0.2, 0.25) is 11.3 Å². The average Bonchev–Trinajstić information content (AvgIpc) is 3.62. The third-order valence-corrected chi connectivity index (χ3v) is 6.54. The molecule has 0 bridgehead atoms. The number of amides is 3. The van der Waals surface area contributed by atoms with Crippen molar-refractivity contribution in [3.8, 4) is 5.75 Å². The Balaban J connectivity index is 1.24. The van der Waals surface area contributed by atoms with E-state index in [2.05, 4.69) is 25.6 Å². The first kappa shape index (κ1) is 23.5. The summed E-state index contributed by atoms with van der Waals surface area (Å²) in [6, 6.07) is 1.12. The number of carbonyl (C=O) groups excluding carboxylic acids is 3. The van der Waals surface area contributed by atoms with Gasteiger partial charge in [-0.3, -0.25) is 19.2 Å². The predicted molar refractivity (Wildman–Crippen MR) is 129 cm³/mol. The number of H-pyrrole nitrogens is 1. The van der Waals surface area contributed by atoms with Gasteiger partial charge in [-0.15, -0.1) is 0 Å². The number of pyridine rings is 1. The molecule has 0 saturated heterocycles. The molecule has 188 valence electrons. The van der Waals surface area contributed by atoms with Gasteiger partial charge in [-0.05, 0) is 26.7 Å². The molecule has 3 amide bonds. The van der Waals surface area contributed by atoms with Gasteiger partial charge < -0.3 is 30.2 Å². The number of carbonyl (C=O) groups is 3. The molecule has 4 heterocycles. The van der Waals surface area contributed by atoms with Crippen molar-refractivity contribution in [3.63, 3.8) is 0 Å². The Kier molecular flexibility index (Phi) is 5.94. The number of nitrogens with zero attached hydrogens (tertiary/aromatic N) is 4. The molecule has 12 nitrogen and oxygen atoms in total. The number of nitrogens with one attached hydrogen (secondary N) is 3. The third-order valence-electron chi connectivity index (χ3n) is 6.54. The van der Waals surface area contributed by atoms with E-state index in [-0.39, 0.29) is 24.8 Å². The Morgan fingerprint density at radius 3 is 2.72 bits per heavy atom. The van der Waals surface area contributed by atoms with Crippen LogP contribution in [0.4, 0.5) is 0 Å². The zero-order valence-corrected chi connectivity index (χ0v) is 20.0. The molecule has 4 N–H and O–H groups in total. The van der Waals surface area contributed by atoms with Crippen molar-refractivity contribution in [3.05, 3.63) is 51.3 Å². The molecule has 1 aliphatic carbocycles. The van der Waals surface area contributed by atoms with Crippen LogP contribution in [0.5, 0.6) is 5.75 Å². The second-order valence-electron chi connectivity index (χ2n) is 9.37. The first-order chi connectivity index (χ1) is 17.2. The van der Waals surface area contributed by atoms with E-state index in [0.29, 0.717) is 41.4 Å². The SMILES string of the molecule is CC(C)N1CCn2c(CNC(=O)CNC(=O)c3c[nH]c4ncc(C5CC5)nc34)cc(=O)c(O)c2C1=O. The summed E-state index contributed by atoms with van der Waals surface area (Å²) in [4.78, 5) is 63.6. The summed E-state index contributed by atoms with van der Waals surface area (Å²) in [6.07, 6.45) is 5.35. The van der Waals surface area contributed by atoms with E-state index in [0.717, 1.165) is 18.5 Å². The minimum atomic E-state index is -0.691. The number of rotatable bonds is 7. The van der Waals surface area contributed by atoms with Gasteiger partial charge in [0.15, 0.2) is 17.1 Å². The quantitative estimate of drug-likeness (QED) is 0.375. The van der Waals surface area contributed by atoms with E-state index >= 15 is 0 Å². The topological polar surface area (TPSA) is 162 Å². The standard InChI is InChI=1S/C24H27N7O5/c1-12(2)30-5-6-31-14(7-17(32)21(34)20(31)24(30)36)8-25-18(33)11-28-23(35)15-9-26-22-19(15)29-16(10-27-22)13-3-4-13/h7,9-10,12-13,34H,3-6,8,11H2,1-2H3,(H,25,33)(H,26,27)(H,28,35). The largest absolute Gasteiger partial charge is 0.503 e. The fraction of sp³-hybridized carbons (Fsp3) is 0.417. The van der Waals surface area contributed by atoms with Crippen LogP contribution in [0.15, 0.2) is 23.3 Å². The average molecular weight is 494 g/mol. The summed E-state index contributed by atoms with van der Waals surface area (Å²) in [5.41, 5.74) is 1.75. The van der Waals surface area contributed by atoms with Gasteiger partial charge in [0.25, 0.3) is 11.8 Å². The van der Waals surface area contributed by atoms with Crippen molar-refractivity contribution in [2.24, 2.45) is 0 Å². The van der Waals surface area contributed by atoms with E-state index in [1.807, 2.05) is 13.8 Å². The molecule has 36 heavy (non-hydrogen) atoms. The molecule has 0 radical (unpaired) electrons. The molecule has 1 aliphatic heterocycles. The van der Waals surface area contributed by atoms with Crippen molar-refractivity contribution in [1.82, 2.24) is 35.1 Å². The Labute approximate surface area is 205 Å². The van der Waals surface area contributed by atoms with Crippen molar-refractivity contribution in [1.29, 1.82) is 0 Å². The van der Waals surface area contributed by atoms with Crippen LogP contribution in [0.3, 0.4) is 0 Å². The van der Waals surface area contributed by atoms with E-state index in [9.17, 15) is 24.3 Å². The number of aromatic hydroxyl groups is 1. The molecule has 3 aromatic heterocycles. The fourth-order valence-electron chi connectivity index (χ4n) is 4.40. The third kappa shape index (κ3) is 4.30. The monoisotopic (exact) mass is 493 g/mol. The van der Waals surface area contributed by atoms with Crippen molar-refractivity contribution < 1.29 is 19.5 Å². The summed E-state index contributed by atoms with van der Waals surface area (Å²) < 4.78 is 1.55. The highest BCUT2D eigenvalue weighted by atomic mass is 16.3.